The lowest BCUT2D eigenvalue weighted by Crippen LogP contribution is -2.39. The van der Waals surface area contributed by atoms with Crippen molar-refractivity contribution in [2.24, 2.45) is 14.1 Å². The van der Waals surface area contributed by atoms with Gasteiger partial charge >= 0.3 is 5.69 Å². The van der Waals surface area contributed by atoms with E-state index in [1.165, 1.54) is 24.7 Å². The van der Waals surface area contributed by atoms with Crippen molar-refractivity contribution >= 4 is 11.0 Å². The summed E-state index contributed by atoms with van der Waals surface area (Å²) in [4.78, 5) is 39.6. The molecule has 0 fully saturated rings. The number of fused-ring (bicyclic) bond motifs is 1. The Morgan fingerprint density at radius 2 is 1.62 bits per heavy atom. The molecule has 0 amide bonds. The topological polar surface area (TPSA) is 78.9 Å². The van der Waals surface area contributed by atoms with Gasteiger partial charge in [0, 0.05) is 38.0 Å². The highest BCUT2D eigenvalue weighted by Crippen LogP contribution is 2.15. The standard InChI is InChI=1S/C15H12F2N4O3/c1-19-8(3-13(22)20(2)15(19)24)7-21-12-5-10(17)9(16)4-11(12)18-6-14(21)23/h3-6H,7H2,1-2H3. The van der Waals surface area contributed by atoms with Crippen LogP contribution in [0.5, 0.6) is 0 Å². The van der Waals surface area contributed by atoms with Crippen LogP contribution in [0.4, 0.5) is 8.78 Å². The Bertz CT molecular complexity index is 1140. The maximum Gasteiger partial charge on any atom is 0.330 e. The molecule has 3 rings (SSSR count). The van der Waals surface area contributed by atoms with Crippen molar-refractivity contribution < 1.29 is 8.78 Å². The van der Waals surface area contributed by atoms with E-state index >= 15 is 0 Å². The molecule has 0 aliphatic rings. The van der Waals surface area contributed by atoms with Crippen molar-refractivity contribution in [1.29, 1.82) is 0 Å². The molecule has 0 spiro atoms. The molecule has 0 atom stereocenters. The average Bonchev–Trinajstić information content (AvgIpc) is 2.54. The van der Waals surface area contributed by atoms with E-state index in [9.17, 15) is 23.2 Å². The molecule has 7 nitrogen and oxygen atoms in total. The number of aromatic nitrogens is 4. The summed E-state index contributed by atoms with van der Waals surface area (Å²) in [5.74, 6) is -2.21. The highest BCUT2D eigenvalue weighted by Gasteiger charge is 2.13. The normalized spacial score (nSPS) is 11.2. The smallest absolute Gasteiger partial charge is 0.299 e. The van der Waals surface area contributed by atoms with E-state index in [1.807, 2.05) is 0 Å². The van der Waals surface area contributed by atoms with Crippen LogP contribution in [-0.2, 0) is 20.6 Å². The zero-order valence-electron chi connectivity index (χ0n) is 12.8. The maximum absolute atomic E-state index is 13.5. The molecule has 0 unspecified atom stereocenters. The molecule has 0 radical (unpaired) electrons. The second-order valence-electron chi connectivity index (χ2n) is 5.31. The first-order valence-electron chi connectivity index (χ1n) is 6.90. The molecule has 0 saturated heterocycles. The van der Waals surface area contributed by atoms with Crippen LogP contribution in [-0.4, -0.2) is 18.7 Å². The largest absolute Gasteiger partial charge is 0.330 e. The van der Waals surface area contributed by atoms with Crippen LogP contribution in [0.3, 0.4) is 0 Å². The Morgan fingerprint density at radius 1 is 0.958 bits per heavy atom. The molecular formula is C15H12F2N4O3. The van der Waals surface area contributed by atoms with Crippen LogP contribution in [0.1, 0.15) is 5.69 Å². The average molecular weight is 334 g/mol. The summed E-state index contributed by atoms with van der Waals surface area (Å²) in [6, 6.07) is 2.95. The first-order chi connectivity index (χ1) is 11.3. The molecule has 0 aliphatic carbocycles. The van der Waals surface area contributed by atoms with Gasteiger partial charge in [-0.15, -0.1) is 0 Å². The third kappa shape index (κ3) is 2.43. The van der Waals surface area contributed by atoms with E-state index in [4.69, 9.17) is 0 Å². The Hall–Kier alpha value is -3.10. The van der Waals surface area contributed by atoms with Gasteiger partial charge in [-0.2, -0.15) is 0 Å². The van der Waals surface area contributed by atoms with Crippen LogP contribution in [0.25, 0.3) is 11.0 Å². The predicted octanol–water partition coefficient (Wildman–Crippen LogP) is 0.120. The number of rotatable bonds is 2. The number of hydrogen-bond donors (Lipinski definition) is 0. The molecular weight excluding hydrogens is 322 g/mol. The van der Waals surface area contributed by atoms with Crippen LogP contribution in [0.2, 0.25) is 0 Å². The van der Waals surface area contributed by atoms with Gasteiger partial charge in [-0.05, 0) is 0 Å². The van der Waals surface area contributed by atoms with E-state index in [0.717, 1.165) is 27.5 Å². The molecule has 0 saturated carbocycles. The molecule has 3 aromatic rings. The molecule has 0 aliphatic heterocycles. The zero-order chi connectivity index (χ0) is 17.6. The summed E-state index contributed by atoms with van der Waals surface area (Å²) in [7, 11) is 2.78. The second kappa shape index (κ2) is 5.52. The molecule has 9 heteroatoms. The SMILES string of the molecule is Cn1c(Cn2c(=O)cnc3cc(F)c(F)cc32)cc(=O)n(C)c1=O. The summed E-state index contributed by atoms with van der Waals surface area (Å²) in [5, 5.41) is 0. The van der Waals surface area contributed by atoms with Gasteiger partial charge < -0.3 is 0 Å². The second-order valence-corrected chi connectivity index (χ2v) is 5.31. The maximum atomic E-state index is 13.5. The minimum atomic E-state index is -1.12. The fourth-order valence-corrected chi connectivity index (χ4v) is 2.41. The zero-order valence-corrected chi connectivity index (χ0v) is 12.8. The molecule has 0 bridgehead atoms. The quantitative estimate of drug-likeness (QED) is 0.667. The van der Waals surface area contributed by atoms with Crippen molar-refractivity contribution in [3.05, 3.63) is 72.9 Å². The molecule has 0 N–H and O–H groups in total. The molecule has 124 valence electrons. The summed E-state index contributed by atoms with van der Waals surface area (Å²) >= 11 is 0. The van der Waals surface area contributed by atoms with Crippen molar-refractivity contribution in [3.63, 3.8) is 0 Å². The Labute approximate surface area is 133 Å². The van der Waals surface area contributed by atoms with E-state index in [1.54, 1.807) is 0 Å². The van der Waals surface area contributed by atoms with Gasteiger partial charge in [0.25, 0.3) is 11.1 Å². The Morgan fingerprint density at radius 3 is 2.33 bits per heavy atom. The molecule has 2 heterocycles. The summed E-state index contributed by atoms with van der Waals surface area (Å²) < 4.78 is 30.1. The minimum Gasteiger partial charge on any atom is -0.299 e. The molecule has 2 aromatic heterocycles. The van der Waals surface area contributed by atoms with Gasteiger partial charge in [0.2, 0.25) is 0 Å². The van der Waals surface area contributed by atoms with E-state index < -0.39 is 28.4 Å². The monoisotopic (exact) mass is 334 g/mol. The van der Waals surface area contributed by atoms with Crippen LogP contribution in [0, 0.1) is 11.6 Å². The number of benzene rings is 1. The number of nitrogens with zero attached hydrogens (tertiary/aromatic N) is 4. The lowest BCUT2D eigenvalue weighted by Gasteiger charge is -2.13. The van der Waals surface area contributed by atoms with Crippen LogP contribution in [0.15, 0.2) is 38.8 Å². The highest BCUT2D eigenvalue weighted by molar-refractivity contribution is 5.74. The van der Waals surface area contributed by atoms with Gasteiger partial charge in [0.15, 0.2) is 11.6 Å². The molecule has 1 aromatic carbocycles. The van der Waals surface area contributed by atoms with Crippen molar-refractivity contribution in [1.82, 2.24) is 18.7 Å². The summed E-state index contributed by atoms with van der Waals surface area (Å²) in [6.07, 6.45) is 0.971. The van der Waals surface area contributed by atoms with E-state index in [0.29, 0.717) is 0 Å². The van der Waals surface area contributed by atoms with Gasteiger partial charge in [0.1, 0.15) is 0 Å². The van der Waals surface area contributed by atoms with E-state index in [-0.39, 0.29) is 23.3 Å². The third-order valence-corrected chi connectivity index (χ3v) is 3.83. The summed E-state index contributed by atoms with van der Waals surface area (Å²) in [6.45, 7) is -0.162. The number of hydrogen-bond acceptors (Lipinski definition) is 4. The Kier molecular flexibility index (Phi) is 3.63. The summed E-state index contributed by atoms with van der Waals surface area (Å²) in [5.41, 5.74) is -1.25. The lowest BCUT2D eigenvalue weighted by atomic mass is 10.2. The highest BCUT2D eigenvalue weighted by atomic mass is 19.2. The first-order valence-corrected chi connectivity index (χ1v) is 6.90. The van der Waals surface area contributed by atoms with Crippen molar-refractivity contribution in [2.45, 2.75) is 6.54 Å². The predicted molar refractivity (Wildman–Crippen MR) is 81.9 cm³/mol. The van der Waals surface area contributed by atoms with Gasteiger partial charge in [-0.3, -0.25) is 23.3 Å². The van der Waals surface area contributed by atoms with Crippen LogP contribution >= 0.6 is 0 Å². The molecule has 24 heavy (non-hydrogen) atoms. The van der Waals surface area contributed by atoms with Gasteiger partial charge in [-0.1, -0.05) is 0 Å². The van der Waals surface area contributed by atoms with Crippen molar-refractivity contribution in [2.75, 3.05) is 0 Å². The van der Waals surface area contributed by atoms with Crippen LogP contribution < -0.4 is 16.8 Å². The van der Waals surface area contributed by atoms with E-state index in [2.05, 4.69) is 4.98 Å². The minimum absolute atomic E-state index is 0.0644. The lowest BCUT2D eigenvalue weighted by molar-refractivity contribution is 0.509. The Balaban J connectivity index is 2.27. The third-order valence-electron chi connectivity index (χ3n) is 3.83. The van der Waals surface area contributed by atoms with Crippen molar-refractivity contribution in [3.8, 4) is 0 Å². The first kappa shape index (κ1) is 15.8. The fourth-order valence-electron chi connectivity index (χ4n) is 2.41. The number of halogens is 2. The van der Waals surface area contributed by atoms with Gasteiger partial charge in [-0.25, -0.2) is 18.6 Å². The fraction of sp³-hybridized carbons (Fsp3) is 0.200. The van der Waals surface area contributed by atoms with Gasteiger partial charge in [0.05, 0.1) is 23.8 Å².